The van der Waals surface area contributed by atoms with Crippen molar-refractivity contribution < 1.29 is 9.21 Å². The fourth-order valence-corrected chi connectivity index (χ4v) is 3.21. The lowest BCUT2D eigenvalue weighted by Crippen LogP contribution is -2.33. The number of fused-ring (bicyclic) bond motifs is 3. The minimum Gasteiger partial charge on any atom is -0.448 e. The molecule has 2 aromatic heterocycles. The lowest BCUT2D eigenvalue weighted by molar-refractivity contribution is -0.131. The van der Waals surface area contributed by atoms with E-state index in [0.29, 0.717) is 17.6 Å². The first-order valence-electron chi connectivity index (χ1n) is 8.38. The highest BCUT2D eigenvalue weighted by Gasteiger charge is 2.16. The molecule has 0 aliphatic rings. The monoisotopic (exact) mass is 425 g/mol. The molecule has 0 aliphatic carbocycles. The van der Waals surface area contributed by atoms with Crippen molar-refractivity contribution in [2.24, 2.45) is 0 Å². The molecule has 6 nitrogen and oxygen atoms in total. The van der Waals surface area contributed by atoms with Crippen LogP contribution in [0.4, 0.5) is 0 Å². The minimum absolute atomic E-state index is 0.0914. The summed E-state index contributed by atoms with van der Waals surface area (Å²) in [5, 5.41) is 0.787. The fourth-order valence-electron chi connectivity index (χ4n) is 2.95. The normalized spacial score (nSPS) is 11.2. The van der Waals surface area contributed by atoms with E-state index in [4.69, 9.17) is 4.42 Å². The van der Waals surface area contributed by atoms with Crippen molar-refractivity contribution in [2.45, 2.75) is 13.1 Å². The molecule has 0 N–H and O–H groups in total. The van der Waals surface area contributed by atoms with Crippen molar-refractivity contribution >= 4 is 43.9 Å². The summed E-state index contributed by atoms with van der Waals surface area (Å²) in [6, 6.07) is 15.1. The van der Waals surface area contributed by atoms with Crippen LogP contribution in [0.1, 0.15) is 5.56 Å². The molecule has 4 aromatic rings. The van der Waals surface area contributed by atoms with Gasteiger partial charge in [-0.25, -0.2) is 4.98 Å². The van der Waals surface area contributed by atoms with Crippen molar-refractivity contribution in [3.05, 3.63) is 75.2 Å². The number of halogens is 1. The Labute approximate surface area is 163 Å². The zero-order valence-electron chi connectivity index (χ0n) is 14.6. The number of hydrogen-bond donors (Lipinski definition) is 0. The number of carbonyl (C=O) groups excluding carboxylic acids is 1. The summed E-state index contributed by atoms with van der Waals surface area (Å²) in [6.45, 7) is 0.368. The first-order valence-corrected chi connectivity index (χ1v) is 9.17. The maximum Gasteiger partial charge on any atom is 0.297 e. The first-order chi connectivity index (χ1) is 13.0. The Morgan fingerprint density at radius 1 is 1.19 bits per heavy atom. The van der Waals surface area contributed by atoms with E-state index in [1.807, 2.05) is 42.5 Å². The SMILES string of the molecule is CN(Cc1ccc(Br)cc1)C(=O)Cn1cnc2c(oc3ccccc32)c1=O. The van der Waals surface area contributed by atoms with E-state index in [0.717, 1.165) is 15.4 Å². The number of benzene rings is 2. The number of nitrogens with zero attached hydrogens (tertiary/aromatic N) is 3. The van der Waals surface area contributed by atoms with Gasteiger partial charge in [0.1, 0.15) is 17.6 Å². The summed E-state index contributed by atoms with van der Waals surface area (Å²) in [5.41, 5.74) is 1.94. The fraction of sp³-hybridized carbons (Fsp3) is 0.150. The Morgan fingerprint density at radius 2 is 1.93 bits per heavy atom. The van der Waals surface area contributed by atoms with E-state index in [2.05, 4.69) is 20.9 Å². The standard InChI is InChI=1S/C20H16BrN3O3/c1-23(10-13-6-8-14(21)9-7-13)17(25)11-24-12-22-18-15-4-2-3-5-16(15)27-19(18)20(24)26/h2-9,12H,10-11H2,1H3. The summed E-state index contributed by atoms with van der Waals surface area (Å²) in [5.74, 6) is -0.183. The summed E-state index contributed by atoms with van der Waals surface area (Å²) in [4.78, 5) is 31.2. The molecular weight excluding hydrogens is 410 g/mol. The molecule has 2 aromatic carbocycles. The van der Waals surface area contributed by atoms with Gasteiger partial charge in [0.2, 0.25) is 11.5 Å². The Bertz CT molecular complexity index is 1190. The van der Waals surface area contributed by atoms with Gasteiger partial charge in [0.05, 0.1) is 6.33 Å². The maximum absolute atomic E-state index is 12.7. The largest absolute Gasteiger partial charge is 0.448 e. The molecule has 0 spiro atoms. The lowest BCUT2D eigenvalue weighted by Gasteiger charge is -2.17. The van der Waals surface area contributed by atoms with Crippen molar-refractivity contribution in [2.75, 3.05) is 7.05 Å². The van der Waals surface area contributed by atoms with Crippen LogP contribution in [0.15, 0.2) is 68.5 Å². The molecule has 0 radical (unpaired) electrons. The summed E-state index contributed by atoms with van der Waals surface area (Å²) in [7, 11) is 1.71. The number of aromatic nitrogens is 2. The van der Waals surface area contributed by atoms with Gasteiger partial charge in [-0.3, -0.25) is 14.2 Å². The third kappa shape index (κ3) is 3.38. The molecule has 0 aliphatic heterocycles. The average Bonchev–Trinajstić information content (AvgIpc) is 3.05. The van der Waals surface area contributed by atoms with Crippen molar-refractivity contribution in [1.29, 1.82) is 0 Å². The summed E-state index contributed by atoms with van der Waals surface area (Å²) < 4.78 is 7.91. The van der Waals surface area contributed by atoms with Crippen LogP contribution in [0.25, 0.3) is 22.1 Å². The highest BCUT2D eigenvalue weighted by molar-refractivity contribution is 9.10. The molecule has 7 heteroatoms. The van der Waals surface area contributed by atoms with Crippen LogP contribution < -0.4 is 5.56 Å². The number of amides is 1. The van der Waals surface area contributed by atoms with Gasteiger partial charge in [0.25, 0.3) is 5.56 Å². The first kappa shape index (κ1) is 17.5. The molecule has 0 unspecified atom stereocenters. The van der Waals surface area contributed by atoms with Crippen LogP contribution >= 0.6 is 15.9 Å². The third-order valence-corrected chi connectivity index (χ3v) is 4.94. The maximum atomic E-state index is 12.7. The number of furan rings is 1. The number of rotatable bonds is 4. The molecular formula is C20H16BrN3O3. The van der Waals surface area contributed by atoms with E-state index in [-0.39, 0.29) is 23.6 Å². The number of likely N-dealkylation sites (N-methyl/N-ethyl adjacent to an activating group) is 1. The molecule has 0 saturated heterocycles. The summed E-state index contributed by atoms with van der Waals surface area (Å²) in [6.07, 6.45) is 1.40. The molecule has 27 heavy (non-hydrogen) atoms. The van der Waals surface area contributed by atoms with E-state index < -0.39 is 0 Å². The lowest BCUT2D eigenvalue weighted by atomic mass is 10.2. The van der Waals surface area contributed by atoms with Crippen LogP contribution in [0.5, 0.6) is 0 Å². The van der Waals surface area contributed by atoms with Crippen molar-refractivity contribution in [3.8, 4) is 0 Å². The smallest absolute Gasteiger partial charge is 0.297 e. The van der Waals surface area contributed by atoms with Crippen LogP contribution in [-0.2, 0) is 17.9 Å². The van der Waals surface area contributed by atoms with Crippen LogP contribution in [0.2, 0.25) is 0 Å². The highest BCUT2D eigenvalue weighted by atomic mass is 79.9. The van der Waals surface area contributed by atoms with Gasteiger partial charge in [-0.05, 0) is 29.8 Å². The quantitative estimate of drug-likeness (QED) is 0.501. The molecule has 136 valence electrons. The van der Waals surface area contributed by atoms with E-state index in [9.17, 15) is 9.59 Å². The molecule has 4 rings (SSSR count). The Balaban J connectivity index is 1.58. The van der Waals surface area contributed by atoms with Gasteiger partial charge in [-0.2, -0.15) is 0 Å². The van der Waals surface area contributed by atoms with E-state index in [1.165, 1.54) is 10.9 Å². The predicted molar refractivity (Wildman–Crippen MR) is 106 cm³/mol. The Morgan fingerprint density at radius 3 is 2.70 bits per heavy atom. The molecule has 1 amide bonds. The van der Waals surface area contributed by atoms with E-state index >= 15 is 0 Å². The zero-order valence-corrected chi connectivity index (χ0v) is 16.1. The molecule has 0 bridgehead atoms. The van der Waals surface area contributed by atoms with Crippen molar-refractivity contribution in [3.63, 3.8) is 0 Å². The van der Waals surface area contributed by atoms with Crippen molar-refractivity contribution in [1.82, 2.24) is 14.5 Å². The Hall–Kier alpha value is -2.93. The van der Waals surface area contributed by atoms with Gasteiger partial charge >= 0.3 is 0 Å². The second-order valence-electron chi connectivity index (χ2n) is 6.33. The zero-order chi connectivity index (χ0) is 19.0. The topological polar surface area (TPSA) is 68.3 Å². The molecule has 0 saturated carbocycles. The Kier molecular flexibility index (Phi) is 4.53. The van der Waals surface area contributed by atoms with Crippen LogP contribution in [-0.4, -0.2) is 27.4 Å². The van der Waals surface area contributed by atoms with Gasteiger partial charge < -0.3 is 9.32 Å². The minimum atomic E-state index is -0.360. The number of para-hydroxylation sites is 1. The van der Waals surface area contributed by atoms with Gasteiger partial charge in [0.15, 0.2) is 0 Å². The summed E-state index contributed by atoms with van der Waals surface area (Å²) >= 11 is 3.39. The van der Waals surface area contributed by atoms with Crippen LogP contribution in [0, 0.1) is 0 Å². The molecule has 2 heterocycles. The third-order valence-electron chi connectivity index (χ3n) is 4.41. The second-order valence-corrected chi connectivity index (χ2v) is 7.25. The highest BCUT2D eigenvalue weighted by Crippen LogP contribution is 2.24. The number of carbonyl (C=O) groups is 1. The molecule has 0 fully saturated rings. The van der Waals surface area contributed by atoms with Gasteiger partial charge in [0, 0.05) is 23.5 Å². The second kappa shape index (κ2) is 7.00. The average molecular weight is 426 g/mol. The molecule has 0 atom stereocenters. The van der Waals surface area contributed by atoms with Gasteiger partial charge in [-0.1, -0.05) is 40.2 Å². The van der Waals surface area contributed by atoms with Crippen LogP contribution in [0.3, 0.4) is 0 Å². The predicted octanol–water partition coefficient (Wildman–Crippen LogP) is 3.56. The number of hydrogen-bond acceptors (Lipinski definition) is 4. The van der Waals surface area contributed by atoms with E-state index in [1.54, 1.807) is 18.0 Å². The van der Waals surface area contributed by atoms with Gasteiger partial charge in [-0.15, -0.1) is 0 Å².